The maximum absolute atomic E-state index is 6.61. The van der Waals surface area contributed by atoms with Crippen LogP contribution >= 0.6 is 0 Å². The Morgan fingerprint density at radius 1 is 0.385 bits per heavy atom. The molecule has 0 fully saturated rings. The van der Waals surface area contributed by atoms with E-state index in [0.29, 0.717) is 17.5 Å². The molecule has 1 aliphatic rings. The lowest BCUT2D eigenvalue weighted by Crippen LogP contribution is -2.15. The van der Waals surface area contributed by atoms with Gasteiger partial charge in [0, 0.05) is 38.4 Å². The third-order valence-electron chi connectivity index (χ3n) is 10.6. The lowest BCUT2D eigenvalue weighted by molar-refractivity contribution is 0.660. The summed E-state index contributed by atoms with van der Waals surface area (Å²) in [4.78, 5) is 14.8. The lowest BCUT2D eigenvalue weighted by atomic mass is 9.80. The Hall–Kier alpha value is -6.65. The first-order chi connectivity index (χ1) is 25.5. The summed E-state index contributed by atoms with van der Waals surface area (Å²) in [6.07, 6.45) is 0. The minimum Gasteiger partial charge on any atom is -0.455 e. The summed E-state index contributed by atoms with van der Waals surface area (Å²) in [5.74, 6) is 1.93. The van der Waals surface area contributed by atoms with Crippen molar-refractivity contribution >= 4 is 21.9 Å². The number of benzene rings is 7. The van der Waals surface area contributed by atoms with Crippen LogP contribution in [-0.4, -0.2) is 15.0 Å². The molecule has 0 aliphatic heterocycles. The second-order valence-corrected chi connectivity index (χ2v) is 14.0. The van der Waals surface area contributed by atoms with Gasteiger partial charge >= 0.3 is 0 Å². The van der Waals surface area contributed by atoms with Crippen LogP contribution in [-0.2, 0) is 5.41 Å². The molecule has 1 aliphatic carbocycles. The van der Waals surface area contributed by atoms with Crippen LogP contribution in [0.15, 0.2) is 168 Å². The first-order valence-electron chi connectivity index (χ1n) is 17.7. The van der Waals surface area contributed by atoms with Gasteiger partial charge in [-0.05, 0) is 57.1 Å². The Balaban J connectivity index is 1.16. The van der Waals surface area contributed by atoms with Gasteiger partial charge in [-0.3, -0.25) is 0 Å². The van der Waals surface area contributed by atoms with Gasteiger partial charge in [-0.15, -0.1) is 0 Å². The van der Waals surface area contributed by atoms with E-state index in [-0.39, 0.29) is 5.41 Å². The minimum absolute atomic E-state index is 0.142. The van der Waals surface area contributed by atoms with Crippen LogP contribution in [0.3, 0.4) is 0 Å². The Morgan fingerprint density at radius 2 is 0.923 bits per heavy atom. The summed E-state index contributed by atoms with van der Waals surface area (Å²) in [7, 11) is 0. The minimum atomic E-state index is -0.142. The molecule has 0 radical (unpaired) electrons. The van der Waals surface area contributed by atoms with Crippen molar-refractivity contribution in [1.82, 2.24) is 15.0 Å². The van der Waals surface area contributed by atoms with E-state index in [1.807, 2.05) is 72.8 Å². The SMILES string of the molecule is CC1(C)c2ccccc2-c2cc(-c3cccc4c3oc3ccccc34)c(-c3ccc(-c4nc(-c5ccccc5)nc(-c5ccccc5)n4)cc3)cc21. The monoisotopic (exact) mass is 667 g/mol. The number of aromatic nitrogens is 3. The van der Waals surface area contributed by atoms with E-state index in [1.165, 1.54) is 22.3 Å². The summed E-state index contributed by atoms with van der Waals surface area (Å²) >= 11 is 0. The molecule has 4 nitrogen and oxygen atoms in total. The van der Waals surface area contributed by atoms with Crippen molar-refractivity contribution in [1.29, 1.82) is 0 Å². The number of furan rings is 1. The van der Waals surface area contributed by atoms with Crippen molar-refractivity contribution in [2.75, 3.05) is 0 Å². The smallest absolute Gasteiger partial charge is 0.164 e. The van der Waals surface area contributed by atoms with E-state index in [9.17, 15) is 0 Å². The largest absolute Gasteiger partial charge is 0.455 e. The molecule has 0 atom stereocenters. The van der Waals surface area contributed by atoms with Crippen molar-refractivity contribution < 1.29 is 4.42 Å². The second kappa shape index (κ2) is 11.7. The molecule has 2 heterocycles. The van der Waals surface area contributed by atoms with Crippen molar-refractivity contribution in [2.45, 2.75) is 19.3 Å². The highest BCUT2D eigenvalue weighted by Gasteiger charge is 2.36. The normalized spacial score (nSPS) is 13.0. The number of hydrogen-bond donors (Lipinski definition) is 0. The van der Waals surface area contributed by atoms with Gasteiger partial charge in [-0.1, -0.05) is 159 Å². The summed E-state index contributed by atoms with van der Waals surface area (Å²) in [6.45, 7) is 4.67. The predicted octanol–water partition coefficient (Wildman–Crippen LogP) is 12.4. The number of rotatable bonds is 5. The number of fused-ring (bicyclic) bond motifs is 6. The quantitative estimate of drug-likeness (QED) is 0.183. The number of hydrogen-bond acceptors (Lipinski definition) is 4. The third-order valence-corrected chi connectivity index (χ3v) is 10.6. The maximum atomic E-state index is 6.61. The average Bonchev–Trinajstić information content (AvgIpc) is 3.70. The molecule has 2 aromatic heterocycles. The van der Waals surface area contributed by atoms with Gasteiger partial charge in [-0.2, -0.15) is 0 Å². The first kappa shape index (κ1) is 30.2. The van der Waals surface area contributed by atoms with Gasteiger partial charge < -0.3 is 4.42 Å². The van der Waals surface area contributed by atoms with Crippen LogP contribution in [0.4, 0.5) is 0 Å². The lowest BCUT2D eigenvalue weighted by Gasteiger charge is -2.23. The molecule has 52 heavy (non-hydrogen) atoms. The van der Waals surface area contributed by atoms with E-state index in [4.69, 9.17) is 19.4 Å². The van der Waals surface area contributed by atoms with E-state index in [0.717, 1.165) is 60.9 Å². The summed E-state index contributed by atoms with van der Waals surface area (Å²) in [6, 6.07) is 57.3. The molecule has 9 aromatic rings. The maximum Gasteiger partial charge on any atom is 0.164 e. The second-order valence-electron chi connectivity index (χ2n) is 14.0. The van der Waals surface area contributed by atoms with E-state index in [2.05, 4.69) is 105 Å². The molecule has 0 bridgehead atoms. The molecule has 7 aromatic carbocycles. The zero-order valence-corrected chi connectivity index (χ0v) is 28.8. The first-order valence-corrected chi connectivity index (χ1v) is 17.7. The molecule has 246 valence electrons. The van der Waals surface area contributed by atoms with Crippen molar-refractivity contribution in [2.24, 2.45) is 0 Å². The molecular weight excluding hydrogens is 635 g/mol. The van der Waals surface area contributed by atoms with Crippen LogP contribution < -0.4 is 0 Å². The van der Waals surface area contributed by atoms with Crippen molar-refractivity contribution in [3.05, 3.63) is 175 Å². The molecule has 0 amide bonds. The predicted molar refractivity (Wildman–Crippen MR) is 212 cm³/mol. The fourth-order valence-corrected chi connectivity index (χ4v) is 7.91. The Labute approximate surface area is 302 Å². The van der Waals surface area contributed by atoms with E-state index in [1.54, 1.807) is 0 Å². The number of nitrogens with zero attached hydrogens (tertiary/aromatic N) is 3. The average molecular weight is 668 g/mol. The fourth-order valence-electron chi connectivity index (χ4n) is 7.91. The molecular formula is C48H33N3O. The van der Waals surface area contributed by atoms with Gasteiger partial charge in [-0.25, -0.2) is 15.0 Å². The molecule has 0 N–H and O–H groups in total. The molecule has 0 saturated heterocycles. The summed E-state index contributed by atoms with van der Waals surface area (Å²) in [5.41, 5.74) is 14.2. The van der Waals surface area contributed by atoms with E-state index < -0.39 is 0 Å². The Kier molecular flexibility index (Phi) is 6.80. The standard InChI is InChI=1S/C48H33N3O/c1-48(2)41-22-11-9-18-34(41)40-28-39(37-21-13-20-36-35-19-10-12-23-43(35)52-44(36)37)38(29-42(40)48)30-24-26-33(27-25-30)47-50-45(31-14-5-3-6-15-31)49-46(51-47)32-16-7-4-8-17-32/h3-29H,1-2H3. The topological polar surface area (TPSA) is 51.8 Å². The van der Waals surface area contributed by atoms with Crippen LogP contribution in [0, 0.1) is 0 Å². The van der Waals surface area contributed by atoms with Gasteiger partial charge in [0.25, 0.3) is 0 Å². The van der Waals surface area contributed by atoms with Gasteiger partial charge in [0.1, 0.15) is 11.2 Å². The molecule has 0 unspecified atom stereocenters. The zero-order chi connectivity index (χ0) is 34.8. The van der Waals surface area contributed by atoms with Crippen LogP contribution in [0.2, 0.25) is 0 Å². The molecule has 0 spiro atoms. The van der Waals surface area contributed by atoms with Gasteiger partial charge in [0.05, 0.1) is 0 Å². The molecule has 10 rings (SSSR count). The molecule has 4 heteroatoms. The van der Waals surface area contributed by atoms with Crippen LogP contribution in [0.5, 0.6) is 0 Å². The van der Waals surface area contributed by atoms with Crippen LogP contribution in [0.1, 0.15) is 25.0 Å². The highest BCUT2D eigenvalue weighted by Crippen LogP contribution is 2.52. The molecule has 0 saturated carbocycles. The summed E-state index contributed by atoms with van der Waals surface area (Å²) < 4.78 is 6.61. The van der Waals surface area contributed by atoms with Gasteiger partial charge in [0.15, 0.2) is 17.5 Å². The highest BCUT2D eigenvalue weighted by atomic mass is 16.3. The van der Waals surface area contributed by atoms with E-state index >= 15 is 0 Å². The summed E-state index contributed by atoms with van der Waals surface area (Å²) in [5, 5.41) is 2.24. The fraction of sp³-hybridized carbons (Fsp3) is 0.0625. The van der Waals surface area contributed by atoms with Crippen molar-refractivity contribution in [3.63, 3.8) is 0 Å². The highest BCUT2D eigenvalue weighted by molar-refractivity contribution is 6.11. The Morgan fingerprint density at radius 3 is 1.62 bits per heavy atom. The third kappa shape index (κ3) is 4.79. The number of para-hydroxylation sites is 2. The zero-order valence-electron chi connectivity index (χ0n) is 28.8. The van der Waals surface area contributed by atoms with Crippen LogP contribution in [0.25, 0.3) is 89.5 Å². The van der Waals surface area contributed by atoms with Crippen molar-refractivity contribution in [3.8, 4) is 67.5 Å². The Bertz CT molecular complexity index is 2740. The van der Waals surface area contributed by atoms with Gasteiger partial charge in [0.2, 0.25) is 0 Å².